The highest BCUT2D eigenvalue weighted by atomic mass is 32.2. The summed E-state index contributed by atoms with van der Waals surface area (Å²) in [6.07, 6.45) is -2.21. The number of carbonyl (C=O) groups is 11. The number of hydrogen-bond donors (Lipinski definition) is 15. The van der Waals surface area contributed by atoms with Gasteiger partial charge in [-0.3, -0.25) is 47.9 Å². The van der Waals surface area contributed by atoms with Crippen molar-refractivity contribution in [3.63, 3.8) is 0 Å². The van der Waals surface area contributed by atoms with E-state index in [4.69, 9.17) is 17.2 Å². The zero-order valence-electron chi connectivity index (χ0n) is 42.1. The van der Waals surface area contributed by atoms with Crippen LogP contribution in [-0.4, -0.2) is 171 Å². The summed E-state index contributed by atoms with van der Waals surface area (Å²) in [5.41, 5.74) is 16.9. The normalized spacial score (nSPS) is 16.4. The van der Waals surface area contributed by atoms with E-state index in [0.717, 1.165) is 0 Å². The largest absolute Gasteiger partial charge is 0.481 e. The lowest BCUT2D eigenvalue weighted by Gasteiger charge is -2.30. The van der Waals surface area contributed by atoms with E-state index >= 15 is 0 Å². The van der Waals surface area contributed by atoms with Crippen LogP contribution in [0.3, 0.4) is 0 Å². The molecule has 0 aliphatic heterocycles. The van der Waals surface area contributed by atoms with Crippen molar-refractivity contribution < 1.29 is 73.2 Å². The first-order valence-electron chi connectivity index (χ1n) is 23.5. The van der Waals surface area contributed by atoms with Gasteiger partial charge in [-0.15, -0.1) is 0 Å². The fourth-order valence-corrected chi connectivity index (χ4v) is 7.13. The molecule has 0 aliphatic carbocycles. The van der Waals surface area contributed by atoms with Crippen molar-refractivity contribution in [3.8, 4) is 0 Å². The molecule has 406 valence electrons. The van der Waals surface area contributed by atoms with E-state index in [2.05, 4.69) is 42.5 Å². The summed E-state index contributed by atoms with van der Waals surface area (Å²) in [5.74, 6) is -13.1. The number of amides is 9. The van der Waals surface area contributed by atoms with Gasteiger partial charge in [-0.05, 0) is 82.3 Å². The van der Waals surface area contributed by atoms with Gasteiger partial charge in [0.15, 0.2) is 0 Å². The third-order valence-corrected chi connectivity index (χ3v) is 11.9. The van der Waals surface area contributed by atoms with E-state index in [0.29, 0.717) is 18.6 Å². The fraction of sp³-hybridized carbons (Fsp3) is 0.750. The Labute approximate surface area is 418 Å². The van der Waals surface area contributed by atoms with Crippen molar-refractivity contribution in [2.75, 3.05) is 18.6 Å². The molecule has 0 heterocycles. The number of nitrogens with two attached hydrogens (primary N) is 3. The van der Waals surface area contributed by atoms with Crippen LogP contribution >= 0.6 is 11.8 Å². The molecule has 0 aliphatic rings. The number of carboxylic acids is 2. The Morgan fingerprint density at radius 2 is 0.944 bits per heavy atom. The van der Waals surface area contributed by atoms with E-state index in [9.17, 15) is 73.2 Å². The number of aliphatic hydroxyl groups excluding tert-OH is 2. The molecule has 0 spiro atoms. The van der Waals surface area contributed by atoms with Gasteiger partial charge in [0.1, 0.15) is 54.4 Å². The second-order valence-electron chi connectivity index (χ2n) is 18.1. The lowest BCUT2D eigenvalue weighted by Crippen LogP contribution is -2.62. The molecular formula is C44H79N11O15S. The predicted octanol–water partition coefficient (Wildman–Crippen LogP) is -3.98. The zero-order chi connectivity index (χ0) is 54.9. The topological polar surface area (TPSA) is 443 Å². The number of aliphatic carboxylic acids is 2. The lowest BCUT2D eigenvalue weighted by atomic mass is 9.97. The van der Waals surface area contributed by atoms with Gasteiger partial charge in [0.05, 0.1) is 18.6 Å². The first-order valence-corrected chi connectivity index (χ1v) is 24.9. The van der Waals surface area contributed by atoms with E-state index < -0.39 is 169 Å². The van der Waals surface area contributed by atoms with Gasteiger partial charge < -0.3 is 80.2 Å². The van der Waals surface area contributed by atoms with Crippen LogP contribution in [0, 0.1) is 17.8 Å². The average molecular weight is 1030 g/mol. The van der Waals surface area contributed by atoms with Gasteiger partial charge in [0, 0.05) is 6.42 Å². The summed E-state index contributed by atoms with van der Waals surface area (Å²) >= 11 is 1.32. The smallest absolute Gasteiger partial charge is 0.326 e. The van der Waals surface area contributed by atoms with Crippen molar-refractivity contribution in [1.29, 1.82) is 0 Å². The first kappa shape index (κ1) is 65.4. The van der Waals surface area contributed by atoms with Gasteiger partial charge in [0.25, 0.3) is 0 Å². The van der Waals surface area contributed by atoms with Gasteiger partial charge >= 0.3 is 11.9 Å². The monoisotopic (exact) mass is 1030 g/mol. The Kier molecular flexibility index (Phi) is 30.5. The number of carbonyl (C=O) groups excluding carboxylic acids is 9. The van der Waals surface area contributed by atoms with Crippen LogP contribution in [0.4, 0.5) is 0 Å². The lowest BCUT2D eigenvalue weighted by molar-refractivity contribution is -0.144. The molecule has 71 heavy (non-hydrogen) atoms. The Morgan fingerprint density at radius 3 is 1.38 bits per heavy atom. The molecule has 27 heteroatoms. The standard InChI is InChI=1S/C44H79N11O15S/c1-10-22(6)34(54-40(65)31(47)23(7)56)42(67)50-27(16-18-71-9)38(63)49-26(14-15-30(59)60)37(62)48-25(13-11-12-17-45)36(61)51-28(19-29(46)58)39(64)52-32(20(2)3)41(66)55-35(24(8)57)43(68)53-33(21(4)5)44(69)70/h20-28,31-35,56-57H,10-19,45,47H2,1-9H3,(H2,46,58)(H,48,62)(H,49,63)(H,50,67)(H,51,61)(H,52,64)(H,53,68)(H,54,65)(H,55,66)(H,59,60)(H,69,70)/t22-,23+,24+,25-,26-,27-,28-,31-,32-,33-,34-,35-/m0/s1. The molecule has 0 aromatic heterocycles. The minimum atomic E-state index is -1.78. The number of hydrogen-bond acceptors (Lipinski definition) is 16. The molecule has 0 saturated heterocycles. The van der Waals surface area contributed by atoms with Crippen LogP contribution in [0.2, 0.25) is 0 Å². The molecule has 0 unspecified atom stereocenters. The summed E-state index contributed by atoms with van der Waals surface area (Å²) in [6, 6.07) is -13.4. The van der Waals surface area contributed by atoms with E-state index in [1.165, 1.54) is 53.3 Å². The summed E-state index contributed by atoms with van der Waals surface area (Å²) in [4.78, 5) is 144. The maximum absolute atomic E-state index is 14.0. The Balaban J connectivity index is 6.73. The van der Waals surface area contributed by atoms with Crippen molar-refractivity contribution in [2.24, 2.45) is 35.0 Å². The summed E-state index contributed by atoms with van der Waals surface area (Å²) in [6.45, 7) is 12.1. The second kappa shape index (κ2) is 33.1. The maximum Gasteiger partial charge on any atom is 0.326 e. The molecule has 12 atom stereocenters. The predicted molar refractivity (Wildman–Crippen MR) is 260 cm³/mol. The molecule has 18 N–H and O–H groups in total. The van der Waals surface area contributed by atoms with Crippen LogP contribution in [0.5, 0.6) is 0 Å². The highest BCUT2D eigenvalue weighted by Crippen LogP contribution is 2.13. The molecule has 0 rings (SSSR count). The molecule has 0 bridgehead atoms. The number of primary amides is 1. The van der Waals surface area contributed by atoms with Gasteiger partial charge in [-0.2, -0.15) is 11.8 Å². The number of nitrogens with one attached hydrogen (secondary N) is 8. The molecule has 0 aromatic carbocycles. The Bertz CT molecular complexity index is 1820. The van der Waals surface area contributed by atoms with Crippen molar-refractivity contribution >= 4 is 76.9 Å². The molecule has 0 aromatic rings. The van der Waals surface area contributed by atoms with Crippen LogP contribution < -0.4 is 59.7 Å². The summed E-state index contributed by atoms with van der Waals surface area (Å²) in [7, 11) is 0. The number of aliphatic hydroxyl groups is 2. The molecule has 9 amide bonds. The number of rotatable bonds is 35. The summed E-state index contributed by atoms with van der Waals surface area (Å²) < 4.78 is 0. The highest BCUT2D eigenvalue weighted by Gasteiger charge is 2.38. The van der Waals surface area contributed by atoms with Gasteiger partial charge in [-0.1, -0.05) is 48.0 Å². The SMILES string of the molecule is CC[C@H](C)[C@H](NC(=O)[C@@H](N)[C@@H](C)O)C(=O)N[C@@H](CCSC)C(=O)N[C@@H](CCC(=O)O)C(=O)N[C@@H](CCCCN)C(=O)N[C@@H](CC(N)=O)C(=O)N[C@H](C(=O)N[C@H](C(=O)N[C@H](C(=O)O)C(C)C)[C@@H](C)O)C(C)C. The maximum atomic E-state index is 14.0. The van der Waals surface area contributed by atoms with Crippen molar-refractivity contribution in [2.45, 2.75) is 173 Å². The number of unbranched alkanes of at least 4 members (excludes halogenated alkanes) is 1. The minimum Gasteiger partial charge on any atom is -0.481 e. The average Bonchev–Trinajstić information content (AvgIpc) is 3.28. The summed E-state index contributed by atoms with van der Waals surface area (Å²) in [5, 5.41) is 58.7. The Hall–Kier alpha value is -5.64. The first-order chi connectivity index (χ1) is 33.0. The molecule has 0 fully saturated rings. The molecule has 0 saturated carbocycles. The number of carboxylic acid groups (broad SMARTS) is 2. The molecule has 0 radical (unpaired) electrons. The minimum absolute atomic E-state index is 0.00904. The Morgan fingerprint density at radius 1 is 0.521 bits per heavy atom. The van der Waals surface area contributed by atoms with Crippen molar-refractivity contribution in [3.05, 3.63) is 0 Å². The second-order valence-corrected chi connectivity index (χ2v) is 19.1. The highest BCUT2D eigenvalue weighted by molar-refractivity contribution is 7.98. The third-order valence-electron chi connectivity index (χ3n) is 11.3. The molecule has 26 nitrogen and oxygen atoms in total. The van der Waals surface area contributed by atoms with Crippen LogP contribution in [-0.2, 0) is 52.7 Å². The van der Waals surface area contributed by atoms with E-state index in [1.807, 2.05) is 0 Å². The quantitative estimate of drug-likeness (QED) is 0.0269. The van der Waals surface area contributed by atoms with E-state index in [1.54, 1.807) is 20.1 Å². The number of thioether (sulfide) groups is 1. The van der Waals surface area contributed by atoms with Gasteiger partial charge in [0.2, 0.25) is 53.2 Å². The van der Waals surface area contributed by atoms with E-state index in [-0.39, 0.29) is 25.8 Å². The van der Waals surface area contributed by atoms with Crippen LogP contribution in [0.25, 0.3) is 0 Å². The van der Waals surface area contributed by atoms with Crippen LogP contribution in [0.1, 0.15) is 107 Å². The van der Waals surface area contributed by atoms with Crippen LogP contribution in [0.15, 0.2) is 0 Å². The van der Waals surface area contributed by atoms with Gasteiger partial charge in [-0.25, -0.2) is 4.79 Å². The van der Waals surface area contributed by atoms with Crippen molar-refractivity contribution in [1.82, 2.24) is 42.5 Å². The third kappa shape index (κ3) is 23.9. The fourth-order valence-electron chi connectivity index (χ4n) is 6.66. The molecular weight excluding hydrogens is 955 g/mol. The zero-order valence-corrected chi connectivity index (χ0v) is 42.9.